The van der Waals surface area contributed by atoms with Crippen molar-refractivity contribution in [1.29, 1.82) is 5.26 Å². The van der Waals surface area contributed by atoms with Crippen molar-refractivity contribution in [3.63, 3.8) is 0 Å². The minimum Gasteiger partial charge on any atom is -0.360 e. The van der Waals surface area contributed by atoms with Gasteiger partial charge in [-0.1, -0.05) is 36.4 Å². The maximum atomic E-state index is 8.94. The first-order valence-electron chi connectivity index (χ1n) is 8.40. The van der Waals surface area contributed by atoms with Crippen molar-refractivity contribution in [1.82, 2.24) is 15.8 Å². The van der Waals surface area contributed by atoms with Crippen LogP contribution < -0.4 is 15.8 Å². The van der Waals surface area contributed by atoms with Crippen molar-refractivity contribution >= 4 is 5.82 Å². The van der Waals surface area contributed by atoms with E-state index < -0.39 is 0 Å². The molecule has 0 spiro atoms. The summed E-state index contributed by atoms with van der Waals surface area (Å²) in [6.07, 6.45) is 3.30. The van der Waals surface area contributed by atoms with Crippen molar-refractivity contribution in [2.75, 3.05) is 18.5 Å². The molecule has 124 valence electrons. The Kier molecular flexibility index (Phi) is 5.42. The second-order valence-electron chi connectivity index (χ2n) is 6.24. The topological polar surface area (TPSA) is 64.0 Å². The Bertz CT molecular complexity index is 694. The SMILES string of the molecule is CN(CCCC1CC(c2ccccc2)NN1)c1cccc(C#N)n1. The molecule has 5 nitrogen and oxygen atoms in total. The lowest BCUT2D eigenvalue weighted by atomic mass is 10.00. The average Bonchev–Trinajstić information content (AvgIpc) is 3.11. The van der Waals surface area contributed by atoms with Crippen LogP contribution in [-0.4, -0.2) is 24.6 Å². The molecule has 0 amide bonds. The summed E-state index contributed by atoms with van der Waals surface area (Å²) in [6.45, 7) is 0.927. The molecule has 0 bridgehead atoms. The summed E-state index contributed by atoms with van der Waals surface area (Å²) in [5.41, 5.74) is 8.61. The molecule has 2 aromatic rings. The van der Waals surface area contributed by atoms with Crippen LogP contribution >= 0.6 is 0 Å². The van der Waals surface area contributed by atoms with Gasteiger partial charge >= 0.3 is 0 Å². The number of pyridine rings is 1. The van der Waals surface area contributed by atoms with Crippen LogP contribution in [0.1, 0.15) is 36.6 Å². The van der Waals surface area contributed by atoms with E-state index in [0.717, 1.165) is 31.6 Å². The third-order valence-corrected chi connectivity index (χ3v) is 4.47. The summed E-state index contributed by atoms with van der Waals surface area (Å²) in [5.74, 6) is 0.855. The molecule has 5 heteroatoms. The summed E-state index contributed by atoms with van der Waals surface area (Å²) in [6, 6.07) is 19.1. The van der Waals surface area contributed by atoms with Gasteiger partial charge in [0.2, 0.25) is 0 Å². The summed E-state index contributed by atoms with van der Waals surface area (Å²) in [7, 11) is 2.02. The molecule has 0 saturated carbocycles. The van der Waals surface area contributed by atoms with Crippen LogP contribution in [0.4, 0.5) is 5.82 Å². The molecule has 0 radical (unpaired) electrons. The van der Waals surface area contributed by atoms with Gasteiger partial charge in [0.25, 0.3) is 0 Å². The molecular formula is C19H23N5. The fourth-order valence-corrected chi connectivity index (χ4v) is 3.10. The van der Waals surface area contributed by atoms with Gasteiger partial charge in [0.1, 0.15) is 17.6 Å². The quantitative estimate of drug-likeness (QED) is 0.856. The number of hydrazine groups is 1. The maximum absolute atomic E-state index is 8.94. The zero-order valence-electron chi connectivity index (χ0n) is 13.9. The zero-order chi connectivity index (χ0) is 16.8. The minimum absolute atomic E-state index is 0.392. The number of hydrogen-bond donors (Lipinski definition) is 2. The first kappa shape index (κ1) is 16.4. The summed E-state index contributed by atoms with van der Waals surface area (Å²) >= 11 is 0. The molecule has 1 aromatic carbocycles. The largest absolute Gasteiger partial charge is 0.360 e. The molecule has 24 heavy (non-hydrogen) atoms. The van der Waals surface area contributed by atoms with Crippen molar-refractivity contribution < 1.29 is 0 Å². The van der Waals surface area contributed by atoms with Gasteiger partial charge in [-0.15, -0.1) is 0 Å². The van der Waals surface area contributed by atoms with Gasteiger partial charge in [-0.25, -0.2) is 4.98 Å². The highest BCUT2D eigenvalue weighted by atomic mass is 15.4. The molecule has 1 aromatic heterocycles. The molecule has 2 atom stereocenters. The van der Waals surface area contributed by atoms with Crippen LogP contribution in [0.2, 0.25) is 0 Å². The van der Waals surface area contributed by atoms with E-state index in [2.05, 4.69) is 57.1 Å². The molecule has 1 aliphatic heterocycles. The van der Waals surface area contributed by atoms with Crippen LogP contribution in [0, 0.1) is 11.3 Å². The normalized spacial score (nSPS) is 19.8. The highest BCUT2D eigenvalue weighted by Crippen LogP contribution is 2.24. The first-order chi connectivity index (χ1) is 11.8. The first-order valence-corrected chi connectivity index (χ1v) is 8.40. The number of hydrogen-bond acceptors (Lipinski definition) is 5. The Morgan fingerprint density at radius 2 is 2.00 bits per heavy atom. The van der Waals surface area contributed by atoms with Gasteiger partial charge in [0.15, 0.2) is 0 Å². The highest BCUT2D eigenvalue weighted by Gasteiger charge is 2.24. The average molecular weight is 321 g/mol. The van der Waals surface area contributed by atoms with Crippen LogP contribution in [0.3, 0.4) is 0 Å². The second-order valence-corrected chi connectivity index (χ2v) is 6.24. The lowest BCUT2D eigenvalue weighted by Gasteiger charge is -2.19. The number of aromatic nitrogens is 1. The predicted octanol–water partition coefficient (Wildman–Crippen LogP) is 2.78. The fraction of sp³-hybridized carbons (Fsp3) is 0.368. The van der Waals surface area contributed by atoms with Crippen molar-refractivity contribution in [2.24, 2.45) is 0 Å². The van der Waals surface area contributed by atoms with Gasteiger partial charge in [-0.3, -0.25) is 10.9 Å². The van der Waals surface area contributed by atoms with E-state index in [9.17, 15) is 0 Å². The van der Waals surface area contributed by atoms with E-state index in [1.807, 2.05) is 19.2 Å². The monoisotopic (exact) mass is 321 g/mol. The Hall–Kier alpha value is -2.42. The Morgan fingerprint density at radius 3 is 2.79 bits per heavy atom. The van der Waals surface area contributed by atoms with Crippen molar-refractivity contribution in [3.8, 4) is 6.07 Å². The van der Waals surface area contributed by atoms with E-state index in [0.29, 0.717) is 17.8 Å². The molecule has 3 rings (SSSR count). The van der Waals surface area contributed by atoms with E-state index in [-0.39, 0.29) is 0 Å². The summed E-state index contributed by atoms with van der Waals surface area (Å²) in [5, 5.41) is 8.94. The minimum atomic E-state index is 0.392. The number of benzene rings is 1. The molecule has 2 unspecified atom stereocenters. The van der Waals surface area contributed by atoms with Crippen molar-refractivity contribution in [3.05, 3.63) is 59.8 Å². The summed E-state index contributed by atoms with van der Waals surface area (Å²) in [4.78, 5) is 6.44. The number of nitrogens with zero attached hydrogens (tertiary/aromatic N) is 3. The van der Waals surface area contributed by atoms with Crippen molar-refractivity contribution in [2.45, 2.75) is 31.3 Å². The Balaban J connectivity index is 1.44. The van der Waals surface area contributed by atoms with Gasteiger partial charge in [-0.2, -0.15) is 5.26 Å². The molecule has 1 saturated heterocycles. The highest BCUT2D eigenvalue weighted by molar-refractivity contribution is 5.40. The molecule has 2 heterocycles. The molecule has 0 aliphatic carbocycles. The molecule has 1 fully saturated rings. The lowest BCUT2D eigenvalue weighted by Crippen LogP contribution is -2.31. The third kappa shape index (κ3) is 4.10. The van der Waals surface area contributed by atoms with Crippen LogP contribution in [-0.2, 0) is 0 Å². The molecule has 2 N–H and O–H groups in total. The van der Waals surface area contributed by atoms with E-state index in [1.54, 1.807) is 6.07 Å². The maximum Gasteiger partial charge on any atom is 0.142 e. The zero-order valence-corrected chi connectivity index (χ0v) is 13.9. The third-order valence-electron chi connectivity index (χ3n) is 4.47. The number of nitrogens with one attached hydrogen (secondary N) is 2. The number of nitriles is 1. The second kappa shape index (κ2) is 7.91. The van der Waals surface area contributed by atoms with Crippen LogP contribution in [0.15, 0.2) is 48.5 Å². The summed E-state index contributed by atoms with van der Waals surface area (Å²) < 4.78 is 0. The molecule has 1 aliphatic rings. The van der Waals surface area contributed by atoms with E-state index in [1.165, 1.54) is 5.56 Å². The van der Waals surface area contributed by atoms with E-state index >= 15 is 0 Å². The standard InChI is InChI=1S/C19H23N5/c1-24(19-11-5-9-17(14-20)21-19)12-6-10-16-13-18(23-22-16)15-7-3-2-4-8-15/h2-5,7-9,11,16,18,22-23H,6,10,12-13H2,1H3. The van der Waals surface area contributed by atoms with E-state index in [4.69, 9.17) is 5.26 Å². The fourth-order valence-electron chi connectivity index (χ4n) is 3.10. The van der Waals surface area contributed by atoms with Gasteiger partial charge in [0.05, 0.1) is 0 Å². The number of rotatable bonds is 6. The Labute approximate surface area is 143 Å². The van der Waals surface area contributed by atoms with Crippen LogP contribution in [0.25, 0.3) is 0 Å². The van der Waals surface area contributed by atoms with Gasteiger partial charge in [0, 0.05) is 25.7 Å². The Morgan fingerprint density at radius 1 is 1.17 bits per heavy atom. The smallest absolute Gasteiger partial charge is 0.142 e. The lowest BCUT2D eigenvalue weighted by molar-refractivity contribution is 0.502. The van der Waals surface area contributed by atoms with Crippen LogP contribution in [0.5, 0.6) is 0 Å². The van der Waals surface area contributed by atoms with Gasteiger partial charge in [-0.05, 0) is 37.0 Å². The van der Waals surface area contributed by atoms with Gasteiger partial charge < -0.3 is 4.90 Å². The number of anilines is 1. The molecular weight excluding hydrogens is 298 g/mol. The predicted molar refractivity (Wildman–Crippen MR) is 95.3 cm³/mol.